The van der Waals surface area contributed by atoms with Crippen LogP contribution in [0, 0.1) is 6.42 Å². The molecule has 0 aromatic carbocycles. The number of carbonyl (C=O) groups excluding carboxylic acids is 2. The number of nitrogens with two attached hydrogens (primary N) is 1. The fourth-order valence-electron chi connectivity index (χ4n) is 0.448. The van der Waals surface area contributed by atoms with Gasteiger partial charge in [-0.2, -0.15) is 0 Å². The van der Waals surface area contributed by atoms with Gasteiger partial charge in [0.15, 0.2) is 0 Å². The third kappa shape index (κ3) is 5.08. The van der Waals surface area contributed by atoms with Crippen LogP contribution in [0.25, 0.3) is 0 Å². The predicted molar refractivity (Wildman–Crippen MR) is 36.8 cm³/mol. The Morgan fingerprint density at radius 1 is 1.50 bits per heavy atom. The van der Waals surface area contributed by atoms with E-state index >= 15 is 0 Å². The summed E-state index contributed by atoms with van der Waals surface area (Å²) in [4.78, 5) is 20.6. The van der Waals surface area contributed by atoms with Gasteiger partial charge in [0.2, 0.25) is 11.8 Å². The maximum absolute atomic E-state index is 10.5. The van der Waals surface area contributed by atoms with E-state index in [-0.39, 0.29) is 18.7 Å². The lowest BCUT2D eigenvalue weighted by Crippen LogP contribution is -2.18. The Bertz CT molecular complexity index is 134. The molecule has 0 saturated carbocycles. The van der Waals surface area contributed by atoms with Crippen molar-refractivity contribution in [1.82, 2.24) is 5.32 Å². The highest BCUT2D eigenvalue weighted by Crippen LogP contribution is 1.90. The highest BCUT2D eigenvalue weighted by molar-refractivity contribution is 5.79. The summed E-state index contributed by atoms with van der Waals surface area (Å²) in [5, 5.41) is 2.42. The summed E-state index contributed by atoms with van der Waals surface area (Å²) in [6.07, 6.45) is 1.95. The second-order valence-corrected chi connectivity index (χ2v) is 1.84. The molecule has 0 heterocycles. The minimum Gasteiger partial charge on any atom is -0.370 e. The molecule has 0 aliphatic heterocycles. The summed E-state index contributed by atoms with van der Waals surface area (Å²) in [7, 11) is 1.54. The molecule has 2 amide bonds. The molecule has 10 heavy (non-hydrogen) atoms. The standard InChI is InChI=1S/C6H11N2O2/c1-8-6(10)4-2-3-5(7)9/h2H,3-4H2,1H3,(H2,7,9)(H,8,10). The molecule has 0 saturated heterocycles. The van der Waals surface area contributed by atoms with Gasteiger partial charge in [0, 0.05) is 19.9 Å². The summed E-state index contributed by atoms with van der Waals surface area (Å²) in [6.45, 7) is 0. The molecule has 1 radical (unpaired) electrons. The van der Waals surface area contributed by atoms with E-state index in [0.717, 1.165) is 0 Å². The van der Waals surface area contributed by atoms with Crippen LogP contribution < -0.4 is 11.1 Å². The first kappa shape index (κ1) is 8.94. The summed E-state index contributed by atoms with van der Waals surface area (Å²) >= 11 is 0. The Morgan fingerprint density at radius 2 is 2.10 bits per heavy atom. The van der Waals surface area contributed by atoms with Gasteiger partial charge in [-0.3, -0.25) is 9.59 Å². The zero-order chi connectivity index (χ0) is 7.98. The Morgan fingerprint density at radius 3 is 2.50 bits per heavy atom. The van der Waals surface area contributed by atoms with Crippen molar-refractivity contribution in [2.45, 2.75) is 12.8 Å². The molecule has 0 aromatic rings. The van der Waals surface area contributed by atoms with E-state index in [0.29, 0.717) is 0 Å². The zero-order valence-electron chi connectivity index (χ0n) is 5.89. The van der Waals surface area contributed by atoms with Crippen molar-refractivity contribution < 1.29 is 9.59 Å². The normalized spacial score (nSPS) is 8.90. The molecule has 3 N–H and O–H groups in total. The molecule has 0 spiro atoms. The van der Waals surface area contributed by atoms with Crippen LogP contribution in [0.3, 0.4) is 0 Å². The van der Waals surface area contributed by atoms with Gasteiger partial charge in [0.1, 0.15) is 0 Å². The third-order valence-electron chi connectivity index (χ3n) is 0.954. The summed E-state index contributed by atoms with van der Waals surface area (Å²) < 4.78 is 0. The number of hydrogen-bond donors (Lipinski definition) is 2. The van der Waals surface area contributed by atoms with Crippen molar-refractivity contribution in [2.75, 3.05) is 7.05 Å². The lowest BCUT2D eigenvalue weighted by molar-refractivity contribution is -0.120. The van der Waals surface area contributed by atoms with E-state index < -0.39 is 5.91 Å². The van der Waals surface area contributed by atoms with Crippen LogP contribution in [0.5, 0.6) is 0 Å². The molecule has 0 aromatic heterocycles. The smallest absolute Gasteiger partial charge is 0.220 e. The average molecular weight is 143 g/mol. The molecule has 0 rings (SSSR count). The van der Waals surface area contributed by atoms with Gasteiger partial charge >= 0.3 is 0 Å². The molecule has 0 fully saturated rings. The van der Waals surface area contributed by atoms with Crippen LogP contribution in [0.2, 0.25) is 0 Å². The van der Waals surface area contributed by atoms with E-state index in [1.165, 1.54) is 0 Å². The Balaban J connectivity index is 3.20. The molecule has 0 aliphatic carbocycles. The van der Waals surface area contributed by atoms with E-state index in [1.807, 2.05) is 0 Å². The molecule has 0 bridgehead atoms. The van der Waals surface area contributed by atoms with Crippen molar-refractivity contribution in [3.63, 3.8) is 0 Å². The zero-order valence-corrected chi connectivity index (χ0v) is 5.89. The van der Waals surface area contributed by atoms with Crippen molar-refractivity contribution in [3.05, 3.63) is 6.42 Å². The van der Waals surface area contributed by atoms with Crippen molar-refractivity contribution in [1.29, 1.82) is 0 Å². The fourth-order valence-corrected chi connectivity index (χ4v) is 0.448. The van der Waals surface area contributed by atoms with Crippen LogP contribution in [0.4, 0.5) is 0 Å². The van der Waals surface area contributed by atoms with Gasteiger partial charge in [-0.25, -0.2) is 0 Å². The Labute approximate surface area is 59.8 Å². The van der Waals surface area contributed by atoms with Gasteiger partial charge in [0.25, 0.3) is 0 Å². The summed E-state index contributed by atoms with van der Waals surface area (Å²) in [5.74, 6) is -0.523. The van der Waals surface area contributed by atoms with Crippen LogP contribution in [0.15, 0.2) is 0 Å². The molecule has 0 unspecified atom stereocenters. The van der Waals surface area contributed by atoms with Crippen LogP contribution >= 0.6 is 0 Å². The lowest BCUT2D eigenvalue weighted by Gasteiger charge is -1.95. The maximum Gasteiger partial charge on any atom is 0.220 e. The second kappa shape index (κ2) is 4.78. The molecule has 0 atom stereocenters. The first-order chi connectivity index (χ1) is 4.66. The maximum atomic E-state index is 10.5. The lowest BCUT2D eigenvalue weighted by atomic mass is 10.2. The highest BCUT2D eigenvalue weighted by Gasteiger charge is 1.99. The minimum atomic E-state index is -0.413. The Hall–Kier alpha value is -1.06. The number of rotatable bonds is 4. The predicted octanol–water partition coefficient (Wildman–Crippen LogP) is -0.798. The third-order valence-corrected chi connectivity index (χ3v) is 0.954. The van der Waals surface area contributed by atoms with Gasteiger partial charge < -0.3 is 11.1 Å². The number of carbonyl (C=O) groups is 2. The monoisotopic (exact) mass is 143 g/mol. The number of hydrogen-bond acceptors (Lipinski definition) is 2. The van der Waals surface area contributed by atoms with Crippen LogP contribution in [-0.4, -0.2) is 18.9 Å². The number of primary amides is 1. The molecular formula is C6H11N2O2. The highest BCUT2D eigenvalue weighted by atomic mass is 16.2. The molecule has 4 nitrogen and oxygen atoms in total. The van der Waals surface area contributed by atoms with Crippen LogP contribution in [0.1, 0.15) is 12.8 Å². The van der Waals surface area contributed by atoms with E-state index in [2.05, 4.69) is 5.32 Å². The van der Waals surface area contributed by atoms with Crippen molar-refractivity contribution in [2.24, 2.45) is 5.73 Å². The van der Waals surface area contributed by atoms with Gasteiger partial charge in [-0.1, -0.05) is 0 Å². The van der Waals surface area contributed by atoms with E-state index in [1.54, 1.807) is 13.5 Å². The largest absolute Gasteiger partial charge is 0.370 e. The molecule has 4 heteroatoms. The fraction of sp³-hybridized carbons (Fsp3) is 0.500. The first-order valence-corrected chi connectivity index (χ1v) is 2.97. The SMILES string of the molecule is CNC(=O)C[CH]CC(N)=O. The number of nitrogens with one attached hydrogen (secondary N) is 1. The van der Waals surface area contributed by atoms with Crippen LogP contribution in [-0.2, 0) is 9.59 Å². The second-order valence-electron chi connectivity index (χ2n) is 1.84. The quantitative estimate of drug-likeness (QED) is 0.541. The van der Waals surface area contributed by atoms with E-state index in [9.17, 15) is 9.59 Å². The van der Waals surface area contributed by atoms with Crippen molar-refractivity contribution in [3.8, 4) is 0 Å². The van der Waals surface area contributed by atoms with E-state index in [4.69, 9.17) is 5.73 Å². The topological polar surface area (TPSA) is 72.2 Å². The van der Waals surface area contributed by atoms with Crippen molar-refractivity contribution >= 4 is 11.8 Å². The average Bonchev–Trinajstić information content (AvgIpc) is 1.87. The Kier molecular flexibility index (Phi) is 4.28. The molecule has 57 valence electrons. The van der Waals surface area contributed by atoms with Gasteiger partial charge in [-0.15, -0.1) is 0 Å². The molecular weight excluding hydrogens is 132 g/mol. The number of amides is 2. The minimum absolute atomic E-state index is 0.110. The summed E-state index contributed by atoms with van der Waals surface area (Å²) in [5.41, 5.74) is 4.82. The summed E-state index contributed by atoms with van der Waals surface area (Å²) in [6, 6.07) is 0. The van der Waals surface area contributed by atoms with Gasteiger partial charge in [-0.05, 0) is 6.42 Å². The molecule has 0 aliphatic rings. The van der Waals surface area contributed by atoms with Gasteiger partial charge in [0.05, 0.1) is 0 Å². The first-order valence-electron chi connectivity index (χ1n) is 2.97.